The maximum Gasteiger partial charge on any atom is 0.175 e. The average Bonchev–Trinajstić information content (AvgIpc) is 3.27. The van der Waals surface area contributed by atoms with Gasteiger partial charge in [0.2, 0.25) is 0 Å². The number of hydrogen-bond donors (Lipinski definition) is 1. The van der Waals surface area contributed by atoms with E-state index in [2.05, 4.69) is 9.97 Å². The van der Waals surface area contributed by atoms with Crippen molar-refractivity contribution in [3.63, 3.8) is 0 Å². The van der Waals surface area contributed by atoms with Crippen LogP contribution >= 0.6 is 0 Å². The van der Waals surface area contributed by atoms with Crippen LogP contribution in [0.25, 0.3) is 11.0 Å². The zero-order valence-electron chi connectivity index (χ0n) is 16.8. The van der Waals surface area contributed by atoms with Crippen molar-refractivity contribution in [1.82, 2.24) is 14.9 Å². The maximum absolute atomic E-state index is 14.5. The first-order valence-corrected chi connectivity index (χ1v) is 11.5. The molecule has 7 nitrogen and oxygen atoms in total. The molecule has 2 atom stereocenters. The van der Waals surface area contributed by atoms with Crippen molar-refractivity contribution in [2.45, 2.75) is 30.3 Å². The fraction of sp³-hybridized carbons (Fsp3) is 0.381. The molecule has 4 rings (SSSR count). The van der Waals surface area contributed by atoms with Gasteiger partial charge in [0.1, 0.15) is 30.5 Å². The molecule has 1 aliphatic heterocycles. The summed E-state index contributed by atoms with van der Waals surface area (Å²) >= 11 is 0. The maximum atomic E-state index is 14.5. The van der Waals surface area contributed by atoms with Crippen LogP contribution in [-0.4, -0.2) is 62.0 Å². The fourth-order valence-corrected chi connectivity index (χ4v) is 4.25. The molecule has 160 valence electrons. The summed E-state index contributed by atoms with van der Waals surface area (Å²) in [6, 6.07) is 12.2. The van der Waals surface area contributed by atoms with Gasteiger partial charge in [-0.1, -0.05) is 12.1 Å². The van der Waals surface area contributed by atoms with Crippen LogP contribution in [0, 0.1) is 0 Å². The number of halogens is 1. The van der Waals surface area contributed by atoms with Crippen molar-refractivity contribution in [3.05, 3.63) is 53.9 Å². The molecule has 0 aliphatic carbocycles. The third kappa shape index (κ3) is 4.63. The Labute approximate surface area is 174 Å². The Morgan fingerprint density at radius 2 is 1.97 bits per heavy atom. The Morgan fingerprint density at radius 3 is 2.67 bits per heavy atom. The number of likely N-dealkylation sites (tertiary alicyclic amines) is 1. The Kier molecular flexibility index (Phi) is 5.77. The lowest BCUT2D eigenvalue weighted by Gasteiger charge is -2.16. The molecule has 1 aromatic heterocycles. The Hall–Kier alpha value is -2.49. The summed E-state index contributed by atoms with van der Waals surface area (Å²) in [4.78, 5) is 9.89. The number of hydrogen-bond acceptors (Lipinski definition) is 6. The molecule has 1 saturated heterocycles. The molecule has 1 fully saturated rings. The van der Waals surface area contributed by atoms with Gasteiger partial charge in [-0.3, -0.25) is 4.90 Å². The van der Waals surface area contributed by atoms with Gasteiger partial charge in [-0.25, -0.2) is 17.8 Å². The zero-order valence-corrected chi connectivity index (χ0v) is 17.7. The van der Waals surface area contributed by atoms with Gasteiger partial charge in [0.05, 0.1) is 23.0 Å². The first-order valence-electron chi connectivity index (χ1n) is 9.61. The lowest BCUT2D eigenvalue weighted by molar-refractivity contribution is 0.00863. The lowest BCUT2D eigenvalue weighted by atomic mass is 10.2. The molecule has 0 radical (unpaired) electrons. The van der Waals surface area contributed by atoms with E-state index >= 15 is 0 Å². The molecule has 2 unspecified atom stereocenters. The fourth-order valence-electron chi connectivity index (χ4n) is 3.62. The van der Waals surface area contributed by atoms with Gasteiger partial charge in [-0.15, -0.1) is 0 Å². The number of nitrogens with one attached hydrogen (secondary N) is 1. The smallest absolute Gasteiger partial charge is 0.175 e. The molecule has 3 aromatic rings. The molecule has 30 heavy (non-hydrogen) atoms. The van der Waals surface area contributed by atoms with E-state index in [9.17, 15) is 12.8 Å². The summed E-state index contributed by atoms with van der Waals surface area (Å²) < 4.78 is 48.6. The monoisotopic (exact) mass is 433 g/mol. The number of aromatic nitrogens is 2. The number of sulfone groups is 1. The molecule has 0 amide bonds. The first kappa shape index (κ1) is 20.8. The van der Waals surface area contributed by atoms with Crippen LogP contribution < -0.4 is 4.74 Å². The predicted molar refractivity (Wildman–Crippen MR) is 111 cm³/mol. The number of H-pyrrole nitrogens is 1. The molecule has 0 bridgehead atoms. The summed E-state index contributed by atoms with van der Waals surface area (Å²) in [5, 5.41) is 0. The van der Waals surface area contributed by atoms with Gasteiger partial charge in [-0.2, -0.15) is 0 Å². The van der Waals surface area contributed by atoms with Crippen molar-refractivity contribution in [2.24, 2.45) is 0 Å². The third-order valence-corrected chi connectivity index (χ3v) is 6.33. The van der Waals surface area contributed by atoms with Gasteiger partial charge in [0, 0.05) is 32.0 Å². The highest BCUT2D eigenvalue weighted by molar-refractivity contribution is 7.90. The van der Waals surface area contributed by atoms with E-state index in [1.807, 2.05) is 23.1 Å². The summed E-state index contributed by atoms with van der Waals surface area (Å²) in [7, 11) is -1.62. The highest BCUT2D eigenvalue weighted by atomic mass is 32.2. The number of fused-ring (bicyclic) bond motifs is 1. The van der Waals surface area contributed by atoms with E-state index in [0.29, 0.717) is 18.9 Å². The zero-order chi connectivity index (χ0) is 21.3. The molecule has 1 aliphatic rings. The minimum Gasteiger partial charge on any atom is -0.497 e. The average molecular weight is 434 g/mol. The van der Waals surface area contributed by atoms with Gasteiger partial charge in [-0.05, 0) is 29.8 Å². The normalized spacial score (nSPS) is 20.1. The van der Waals surface area contributed by atoms with Crippen LogP contribution in [0.1, 0.15) is 11.4 Å². The molecule has 1 N–H and O–H groups in total. The molecular formula is C21H24FN3O4S. The van der Waals surface area contributed by atoms with E-state index in [1.54, 1.807) is 31.4 Å². The predicted octanol–water partition coefficient (Wildman–Crippen LogP) is 2.71. The Morgan fingerprint density at radius 1 is 1.20 bits per heavy atom. The SMILES string of the molecule is COc1ccc2nc(COC3CN(Cc4ccc(S(C)(=O)=O)cc4)CC3F)[nH]c2c1. The number of benzene rings is 2. The van der Waals surface area contributed by atoms with Crippen LogP contribution in [0.15, 0.2) is 47.4 Å². The van der Waals surface area contributed by atoms with Crippen molar-refractivity contribution in [2.75, 3.05) is 26.5 Å². The van der Waals surface area contributed by atoms with Crippen LogP contribution in [0.2, 0.25) is 0 Å². The minimum absolute atomic E-state index is 0.193. The van der Waals surface area contributed by atoms with E-state index in [-0.39, 0.29) is 18.0 Å². The molecule has 2 heterocycles. The quantitative estimate of drug-likeness (QED) is 0.617. The summed E-state index contributed by atoms with van der Waals surface area (Å²) in [5.41, 5.74) is 2.58. The highest BCUT2D eigenvalue weighted by Crippen LogP contribution is 2.22. The number of nitrogens with zero attached hydrogens (tertiary/aromatic N) is 2. The second-order valence-corrected chi connectivity index (χ2v) is 9.56. The van der Waals surface area contributed by atoms with E-state index in [1.165, 1.54) is 6.26 Å². The second-order valence-electron chi connectivity index (χ2n) is 7.54. The standard InChI is InChI=1S/C21H24FN3O4S/c1-28-15-5-8-18-19(9-15)24-21(23-18)13-29-20-12-25(11-17(20)22)10-14-3-6-16(7-4-14)30(2,26)27/h3-9,17,20H,10-13H2,1-2H3,(H,23,24). The molecule has 0 spiro atoms. The minimum atomic E-state index is -3.22. The Bertz CT molecular complexity index is 1130. The van der Waals surface area contributed by atoms with Crippen LogP contribution in [0.5, 0.6) is 5.75 Å². The number of imidazole rings is 1. The molecular weight excluding hydrogens is 409 g/mol. The molecule has 9 heteroatoms. The number of ether oxygens (including phenoxy) is 2. The first-order chi connectivity index (χ1) is 14.3. The summed E-state index contributed by atoms with van der Waals surface area (Å²) in [6.07, 6.45) is -0.454. The van der Waals surface area contributed by atoms with E-state index in [0.717, 1.165) is 22.3 Å². The van der Waals surface area contributed by atoms with Gasteiger partial charge < -0.3 is 14.5 Å². The van der Waals surface area contributed by atoms with Crippen LogP contribution in [0.4, 0.5) is 4.39 Å². The largest absolute Gasteiger partial charge is 0.497 e. The van der Waals surface area contributed by atoms with E-state index in [4.69, 9.17) is 9.47 Å². The lowest BCUT2D eigenvalue weighted by Crippen LogP contribution is -2.24. The molecule has 0 saturated carbocycles. The number of rotatable bonds is 7. The highest BCUT2D eigenvalue weighted by Gasteiger charge is 2.33. The second kappa shape index (κ2) is 8.33. The van der Waals surface area contributed by atoms with Crippen molar-refractivity contribution >= 4 is 20.9 Å². The van der Waals surface area contributed by atoms with Crippen molar-refractivity contribution in [1.29, 1.82) is 0 Å². The number of alkyl halides is 1. The van der Waals surface area contributed by atoms with Gasteiger partial charge in [0.25, 0.3) is 0 Å². The summed E-state index contributed by atoms with van der Waals surface area (Å²) in [6.45, 7) is 1.46. The van der Waals surface area contributed by atoms with Crippen molar-refractivity contribution < 1.29 is 22.3 Å². The summed E-state index contributed by atoms with van der Waals surface area (Å²) in [5.74, 6) is 1.37. The number of aromatic amines is 1. The Balaban J connectivity index is 1.34. The van der Waals surface area contributed by atoms with Gasteiger partial charge in [0.15, 0.2) is 9.84 Å². The topological polar surface area (TPSA) is 84.5 Å². The third-order valence-electron chi connectivity index (χ3n) is 5.20. The molecule has 2 aromatic carbocycles. The number of methoxy groups -OCH3 is 1. The van der Waals surface area contributed by atoms with Crippen molar-refractivity contribution in [3.8, 4) is 5.75 Å². The van der Waals surface area contributed by atoms with Gasteiger partial charge >= 0.3 is 0 Å². The van der Waals surface area contributed by atoms with Crippen LogP contribution in [-0.2, 0) is 27.7 Å². The van der Waals surface area contributed by atoms with E-state index < -0.39 is 22.1 Å². The van der Waals surface area contributed by atoms with Crippen LogP contribution in [0.3, 0.4) is 0 Å².